The zero-order chi connectivity index (χ0) is 25.9. The summed E-state index contributed by atoms with van der Waals surface area (Å²) >= 11 is 6.95. The lowest BCUT2D eigenvalue weighted by atomic mass is 10.0. The number of benzene rings is 6. The molecule has 184 valence electrons. The minimum absolute atomic E-state index is 0.744. The summed E-state index contributed by atoms with van der Waals surface area (Å²) in [6.07, 6.45) is 0. The number of aromatic nitrogens is 2. The Morgan fingerprint density at radius 1 is 0.385 bits per heavy atom. The molecule has 0 fully saturated rings. The molecule has 0 radical (unpaired) electrons. The van der Waals surface area contributed by atoms with Crippen molar-refractivity contribution in [2.75, 3.05) is 0 Å². The third-order valence-electron chi connectivity index (χ3n) is 7.79. The van der Waals surface area contributed by atoms with Gasteiger partial charge in [-0.15, -0.1) is 0 Å². The van der Waals surface area contributed by atoms with Crippen molar-refractivity contribution in [3.8, 4) is 22.5 Å². The van der Waals surface area contributed by atoms with Crippen LogP contribution < -0.4 is 0 Å². The highest BCUT2D eigenvalue weighted by molar-refractivity contribution is 6.36. The van der Waals surface area contributed by atoms with E-state index in [9.17, 15) is 0 Å². The van der Waals surface area contributed by atoms with Gasteiger partial charge < -0.3 is 9.13 Å². The van der Waals surface area contributed by atoms with Gasteiger partial charge in [0.15, 0.2) is 0 Å². The van der Waals surface area contributed by atoms with Crippen molar-refractivity contribution in [2.24, 2.45) is 0 Å². The van der Waals surface area contributed by atoms with Crippen LogP contribution >= 0.6 is 11.6 Å². The van der Waals surface area contributed by atoms with Gasteiger partial charge in [-0.3, -0.25) is 0 Å². The highest BCUT2D eigenvalue weighted by atomic mass is 35.5. The fourth-order valence-corrected chi connectivity index (χ4v) is 6.45. The maximum atomic E-state index is 6.95. The van der Waals surface area contributed by atoms with Gasteiger partial charge in [0.05, 0.1) is 38.5 Å². The van der Waals surface area contributed by atoms with Crippen LogP contribution in [0.4, 0.5) is 0 Å². The largest absolute Gasteiger partial charge is 0.307 e. The van der Waals surface area contributed by atoms with E-state index in [1.165, 1.54) is 32.8 Å². The van der Waals surface area contributed by atoms with Crippen molar-refractivity contribution in [1.29, 1.82) is 0 Å². The molecule has 0 aliphatic rings. The molecule has 2 aromatic heterocycles. The normalized spacial score (nSPS) is 11.7. The van der Waals surface area contributed by atoms with Gasteiger partial charge in [0.2, 0.25) is 0 Å². The van der Waals surface area contributed by atoms with Gasteiger partial charge in [0.1, 0.15) is 0 Å². The number of hydrogen-bond donors (Lipinski definition) is 0. The number of rotatable bonds is 3. The van der Waals surface area contributed by atoms with Crippen molar-refractivity contribution in [1.82, 2.24) is 9.13 Å². The Kier molecular flexibility index (Phi) is 4.91. The summed E-state index contributed by atoms with van der Waals surface area (Å²) in [5.74, 6) is 0. The summed E-state index contributed by atoms with van der Waals surface area (Å²) in [5, 5.41) is 5.53. The second kappa shape index (κ2) is 8.62. The van der Waals surface area contributed by atoms with Crippen LogP contribution in [0.3, 0.4) is 0 Å². The second-order valence-electron chi connectivity index (χ2n) is 9.90. The third-order valence-corrected chi connectivity index (χ3v) is 8.09. The molecule has 2 heterocycles. The molecule has 3 heteroatoms. The molecular formula is C36H23ClN2. The van der Waals surface area contributed by atoms with E-state index in [0.29, 0.717) is 0 Å². The fourth-order valence-electron chi connectivity index (χ4n) is 6.19. The van der Waals surface area contributed by atoms with Crippen molar-refractivity contribution >= 4 is 55.2 Å². The van der Waals surface area contributed by atoms with Crippen LogP contribution in [0, 0.1) is 0 Å². The van der Waals surface area contributed by atoms with Gasteiger partial charge >= 0.3 is 0 Å². The molecular weight excluding hydrogens is 496 g/mol. The molecule has 2 nitrogen and oxygen atoms in total. The third kappa shape index (κ3) is 3.22. The summed E-state index contributed by atoms with van der Waals surface area (Å²) in [4.78, 5) is 0. The molecule has 0 unspecified atom stereocenters. The molecule has 0 amide bonds. The first-order chi connectivity index (χ1) is 19.3. The molecule has 0 spiro atoms. The number of halogens is 1. The maximum Gasteiger partial charge on any atom is 0.0782 e. The first-order valence-electron chi connectivity index (χ1n) is 13.2. The SMILES string of the molecule is Clc1cccc2c3ccccc3n(-c3cccc4c5ccccc5n(-c5ccccc5-c5ccccc5)c34)c12. The van der Waals surface area contributed by atoms with Crippen LogP contribution in [0.5, 0.6) is 0 Å². The molecule has 6 aromatic carbocycles. The van der Waals surface area contributed by atoms with E-state index < -0.39 is 0 Å². The van der Waals surface area contributed by atoms with Crippen LogP contribution in [0.2, 0.25) is 5.02 Å². The molecule has 8 rings (SSSR count). The molecule has 0 atom stereocenters. The molecule has 0 aliphatic heterocycles. The van der Waals surface area contributed by atoms with E-state index in [2.05, 4.69) is 137 Å². The lowest BCUT2D eigenvalue weighted by Gasteiger charge is -2.17. The summed E-state index contributed by atoms with van der Waals surface area (Å²) < 4.78 is 4.77. The first kappa shape index (κ1) is 22.2. The monoisotopic (exact) mass is 518 g/mol. The Hall–Kier alpha value is -4.79. The molecule has 8 aromatic rings. The molecule has 0 bridgehead atoms. The van der Waals surface area contributed by atoms with Gasteiger partial charge in [-0.05, 0) is 35.9 Å². The predicted molar refractivity (Wildman–Crippen MR) is 166 cm³/mol. The Balaban J connectivity index is 1.58. The van der Waals surface area contributed by atoms with E-state index in [1.54, 1.807) is 0 Å². The van der Waals surface area contributed by atoms with Crippen molar-refractivity contribution in [3.63, 3.8) is 0 Å². The second-order valence-corrected chi connectivity index (χ2v) is 10.3. The van der Waals surface area contributed by atoms with E-state index in [1.807, 2.05) is 12.1 Å². The molecule has 0 saturated heterocycles. The predicted octanol–water partition coefficient (Wildman–Crippen LogP) is 10.2. The molecule has 0 N–H and O–H groups in total. The van der Waals surface area contributed by atoms with E-state index in [0.717, 1.165) is 38.3 Å². The standard InChI is InChI=1S/C36H23ClN2/c37-30-19-10-17-28-26-15-5-9-22-33(26)39(35(28)30)34-23-11-18-29-27-16-6-8-21-32(27)38(36(29)34)31-20-7-4-14-25(31)24-12-2-1-3-13-24/h1-23H. The smallest absolute Gasteiger partial charge is 0.0782 e. The average Bonchev–Trinajstić information content (AvgIpc) is 3.52. The van der Waals surface area contributed by atoms with Gasteiger partial charge in [0.25, 0.3) is 0 Å². The zero-order valence-corrected chi connectivity index (χ0v) is 21.8. The van der Waals surface area contributed by atoms with Crippen molar-refractivity contribution in [2.45, 2.75) is 0 Å². The summed E-state index contributed by atoms with van der Waals surface area (Å²) in [6.45, 7) is 0. The topological polar surface area (TPSA) is 9.86 Å². The van der Waals surface area contributed by atoms with Crippen LogP contribution in [0.15, 0.2) is 140 Å². The summed E-state index contributed by atoms with van der Waals surface area (Å²) in [7, 11) is 0. The number of para-hydroxylation sites is 5. The quantitative estimate of drug-likeness (QED) is 0.220. The fraction of sp³-hybridized carbons (Fsp3) is 0. The minimum Gasteiger partial charge on any atom is -0.307 e. The zero-order valence-electron chi connectivity index (χ0n) is 21.1. The molecule has 0 aliphatic carbocycles. The van der Waals surface area contributed by atoms with Crippen LogP contribution in [-0.4, -0.2) is 9.13 Å². The van der Waals surface area contributed by atoms with E-state index >= 15 is 0 Å². The van der Waals surface area contributed by atoms with E-state index in [-0.39, 0.29) is 0 Å². The van der Waals surface area contributed by atoms with Crippen molar-refractivity contribution in [3.05, 3.63) is 145 Å². The lowest BCUT2D eigenvalue weighted by molar-refractivity contribution is 1.13. The Morgan fingerprint density at radius 3 is 1.64 bits per heavy atom. The van der Waals surface area contributed by atoms with Crippen molar-refractivity contribution < 1.29 is 0 Å². The van der Waals surface area contributed by atoms with Gasteiger partial charge in [-0.25, -0.2) is 0 Å². The van der Waals surface area contributed by atoms with Crippen LogP contribution in [0.1, 0.15) is 0 Å². The summed E-state index contributed by atoms with van der Waals surface area (Å²) in [6, 6.07) is 49.4. The minimum atomic E-state index is 0.744. The Morgan fingerprint density at radius 2 is 0.897 bits per heavy atom. The number of nitrogens with zero attached hydrogens (tertiary/aromatic N) is 2. The van der Waals surface area contributed by atoms with Crippen LogP contribution in [-0.2, 0) is 0 Å². The number of hydrogen-bond acceptors (Lipinski definition) is 0. The van der Waals surface area contributed by atoms with Gasteiger partial charge in [-0.2, -0.15) is 0 Å². The van der Waals surface area contributed by atoms with Gasteiger partial charge in [-0.1, -0.05) is 121 Å². The maximum absolute atomic E-state index is 6.95. The molecule has 0 saturated carbocycles. The Labute approximate surface area is 230 Å². The molecule has 39 heavy (non-hydrogen) atoms. The average molecular weight is 519 g/mol. The highest BCUT2D eigenvalue weighted by Gasteiger charge is 2.21. The highest BCUT2D eigenvalue weighted by Crippen LogP contribution is 2.42. The first-order valence-corrected chi connectivity index (χ1v) is 13.5. The van der Waals surface area contributed by atoms with Gasteiger partial charge in [0, 0.05) is 27.1 Å². The Bertz CT molecular complexity index is 2180. The lowest BCUT2D eigenvalue weighted by Crippen LogP contribution is -2.02. The van der Waals surface area contributed by atoms with E-state index in [4.69, 9.17) is 11.6 Å². The van der Waals surface area contributed by atoms with Crippen LogP contribution in [0.25, 0.3) is 66.1 Å². The summed E-state index contributed by atoms with van der Waals surface area (Å²) in [5.41, 5.74) is 9.13. The number of fused-ring (bicyclic) bond motifs is 6.